The maximum atomic E-state index is 5.61. The third-order valence-electron chi connectivity index (χ3n) is 3.56. The van der Waals surface area contributed by atoms with Crippen molar-refractivity contribution in [2.45, 2.75) is 29.8 Å². The molecule has 4 N–H and O–H groups in total. The summed E-state index contributed by atoms with van der Waals surface area (Å²) in [5.74, 6) is 2.13. The molecule has 1 fully saturated rings. The Balaban J connectivity index is 1.61. The first kappa shape index (κ1) is 14.8. The molecule has 3 aromatic rings. The van der Waals surface area contributed by atoms with Crippen LogP contribution in [-0.2, 0) is 5.75 Å². The number of nitrogen functional groups attached to an aromatic ring is 2. The minimum atomic E-state index is 0.124. The van der Waals surface area contributed by atoms with Gasteiger partial charge in [0.05, 0.1) is 5.75 Å². The van der Waals surface area contributed by atoms with Crippen LogP contribution in [0.5, 0.6) is 0 Å². The van der Waals surface area contributed by atoms with Crippen LogP contribution in [0.2, 0.25) is 0 Å². The van der Waals surface area contributed by atoms with Crippen molar-refractivity contribution in [3.63, 3.8) is 0 Å². The molecular formula is C14H15N9S. The molecule has 0 bridgehead atoms. The van der Waals surface area contributed by atoms with Gasteiger partial charge in [0, 0.05) is 24.0 Å². The van der Waals surface area contributed by atoms with Gasteiger partial charge in [-0.3, -0.25) is 9.55 Å². The second-order valence-electron chi connectivity index (χ2n) is 5.40. The monoisotopic (exact) mass is 341 g/mol. The number of pyridine rings is 1. The van der Waals surface area contributed by atoms with E-state index in [2.05, 4.69) is 34.7 Å². The Kier molecular flexibility index (Phi) is 3.73. The fraction of sp³-hybridized carbons (Fsp3) is 0.286. The molecule has 1 aliphatic rings. The van der Waals surface area contributed by atoms with Crippen LogP contribution >= 0.6 is 11.8 Å². The lowest BCUT2D eigenvalue weighted by molar-refractivity contribution is 0.669. The van der Waals surface area contributed by atoms with E-state index in [9.17, 15) is 0 Å². The molecular weight excluding hydrogens is 326 g/mol. The van der Waals surface area contributed by atoms with Gasteiger partial charge in [-0.25, -0.2) is 0 Å². The summed E-state index contributed by atoms with van der Waals surface area (Å²) < 4.78 is 2.17. The fourth-order valence-corrected chi connectivity index (χ4v) is 3.25. The molecule has 3 aromatic heterocycles. The van der Waals surface area contributed by atoms with Gasteiger partial charge in [-0.15, -0.1) is 10.2 Å². The van der Waals surface area contributed by atoms with Crippen molar-refractivity contribution in [2.24, 2.45) is 0 Å². The van der Waals surface area contributed by atoms with E-state index in [1.54, 1.807) is 12.4 Å². The zero-order valence-electron chi connectivity index (χ0n) is 12.7. The molecule has 0 saturated heterocycles. The van der Waals surface area contributed by atoms with Gasteiger partial charge in [-0.2, -0.15) is 15.0 Å². The third-order valence-corrected chi connectivity index (χ3v) is 4.50. The first-order valence-corrected chi connectivity index (χ1v) is 8.43. The molecule has 0 unspecified atom stereocenters. The van der Waals surface area contributed by atoms with Crippen LogP contribution in [-0.4, -0.2) is 34.7 Å². The maximum absolute atomic E-state index is 5.61. The molecule has 10 heteroatoms. The van der Waals surface area contributed by atoms with Gasteiger partial charge in [0.15, 0.2) is 11.0 Å². The predicted molar refractivity (Wildman–Crippen MR) is 89.7 cm³/mol. The number of rotatable bonds is 5. The molecule has 0 aromatic carbocycles. The van der Waals surface area contributed by atoms with Crippen molar-refractivity contribution in [1.29, 1.82) is 0 Å². The minimum Gasteiger partial charge on any atom is -0.368 e. The SMILES string of the molecule is Nc1nc(N)nc(CSc2nnc(-c3ccncc3)n2C2CC2)n1. The molecule has 3 heterocycles. The minimum absolute atomic E-state index is 0.124. The standard InChI is InChI=1S/C14H15N9S/c15-12-18-10(19-13(16)20-12)7-24-14-22-21-11(23(14)9-1-2-9)8-3-5-17-6-4-8/h3-6,9H,1-2,7H2,(H4,15,16,18,19,20). The molecule has 4 rings (SSSR count). The summed E-state index contributed by atoms with van der Waals surface area (Å²) in [7, 11) is 0. The van der Waals surface area contributed by atoms with Gasteiger partial charge in [-0.1, -0.05) is 11.8 Å². The number of hydrogen-bond donors (Lipinski definition) is 2. The van der Waals surface area contributed by atoms with Crippen LogP contribution < -0.4 is 11.5 Å². The fourth-order valence-electron chi connectivity index (χ4n) is 2.39. The quantitative estimate of drug-likeness (QED) is 0.658. The van der Waals surface area contributed by atoms with Gasteiger partial charge in [0.2, 0.25) is 11.9 Å². The van der Waals surface area contributed by atoms with Gasteiger partial charge in [0.25, 0.3) is 0 Å². The van der Waals surface area contributed by atoms with Crippen molar-refractivity contribution in [3.8, 4) is 11.4 Å². The lowest BCUT2D eigenvalue weighted by Crippen LogP contribution is -2.06. The van der Waals surface area contributed by atoms with Crippen LogP contribution in [0, 0.1) is 0 Å². The molecule has 1 aliphatic carbocycles. The zero-order valence-corrected chi connectivity index (χ0v) is 13.5. The van der Waals surface area contributed by atoms with Gasteiger partial charge in [0.1, 0.15) is 5.82 Å². The highest BCUT2D eigenvalue weighted by Gasteiger charge is 2.30. The average Bonchev–Trinajstić information content (AvgIpc) is 3.32. The second kappa shape index (κ2) is 6.04. The number of nitrogens with two attached hydrogens (primary N) is 2. The summed E-state index contributed by atoms with van der Waals surface area (Å²) >= 11 is 1.51. The topological polar surface area (TPSA) is 134 Å². The van der Waals surface area contributed by atoms with E-state index in [1.165, 1.54) is 11.8 Å². The lowest BCUT2D eigenvalue weighted by atomic mass is 10.2. The highest BCUT2D eigenvalue weighted by atomic mass is 32.2. The van der Waals surface area contributed by atoms with Gasteiger partial charge >= 0.3 is 0 Å². The summed E-state index contributed by atoms with van der Waals surface area (Å²) in [6, 6.07) is 4.31. The Labute approximate surface area is 142 Å². The smallest absolute Gasteiger partial charge is 0.225 e. The van der Waals surface area contributed by atoms with Crippen LogP contribution in [0.3, 0.4) is 0 Å². The summed E-state index contributed by atoms with van der Waals surface area (Å²) in [5.41, 5.74) is 12.2. The molecule has 0 radical (unpaired) electrons. The molecule has 24 heavy (non-hydrogen) atoms. The van der Waals surface area contributed by atoms with Crippen LogP contribution in [0.15, 0.2) is 29.7 Å². The molecule has 0 atom stereocenters. The molecule has 1 saturated carbocycles. The first-order chi connectivity index (χ1) is 11.7. The van der Waals surface area contributed by atoms with Crippen molar-refractivity contribution in [3.05, 3.63) is 30.4 Å². The molecule has 0 spiro atoms. The van der Waals surface area contributed by atoms with Crippen LogP contribution in [0.4, 0.5) is 11.9 Å². The second-order valence-corrected chi connectivity index (χ2v) is 6.34. The van der Waals surface area contributed by atoms with Gasteiger partial charge < -0.3 is 11.5 Å². The summed E-state index contributed by atoms with van der Waals surface area (Å²) in [4.78, 5) is 16.0. The summed E-state index contributed by atoms with van der Waals surface area (Å²) in [6.07, 6.45) is 5.78. The zero-order chi connectivity index (χ0) is 16.5. The molecule has 0 aliphatic heterocycles. The number of nitrogens with zero attached hydrogens (tertiary/aromatic N) is 7. The molecule has 9 nitrogen and oxygen atoms in total. The van der Waals surface area contributed by atoms with Crippen molar-refractivity contribution in [1.82, 2.24) is 34.7 Å². The van der Waals surface area contributed by atoms with E-state index in [-0.39, 0.29) is 11.9 Å². The largest absolute Gasteiger partial charge is 0.368 e. The normalized spacial score (nSPS) is 14.0. The van der Waals surface area contributed by atoms with E-state index in [1.807, 2.05) is 12.1 Å². The first-order valence-electron chi connectivity index (χ1n) is 7.44. The Morgan fingerprint density at radius 2 is 1.75 bits per heavy atom. The Morgan fingerprint density at radius 3 is 2.42 bits per heavy atom. The number of aromatic nitrogens is 7. The molecule has 122 valence electrons. The lowest BCUT2D eigenvalue weighted by Gasteiger charge is -2.08. The highest BCUT2D eigenvalue weighted by Crippen LogP contribution is 2.41. The predicted octanol–water partition coefficient (Wildman–Crippen LogP) is 1.32. The highest BCUT2D eigenvalue weighted by molar-refractivity contribution is 7.98. The Bertz CT molecular complexity index is 840. The number of hydrogen-bond acceptors (Lipinski definition) is 9. The van der Waals surface area contributed by atoms with Crippen LogP contribution in [0.1, 0.15) is 24.7 Å². The third kappa shape index (κ3) is 3.00. The van der Waals surface area contributed by atoms with Crippen LogP contribution in [0.25, 0.3) is 11.4 Å². The molecule has 0 amide bonds. The number of thioether (sulfide) groups is 1. The van der Waals surface area contributed by atoms with E-state index >= 15 is 0 Å². The Morgan fingerprint density at radius 1 is 1.04 bits per heavy atom. The maximum Gasteiger partial charge on any atom is 0.225 e. The summed E-state index contributed by atoms with van der Waals surface area (Å²) in [6.45, 7) is 0. The van der Waals surface area contributed by atoms with Crippen molar-refractivity contribution < 1.29 is 0 Å². The van der Waals surface area contributed by atoms with E-state index < -0.39 is 0 Å². The van der Waals surface area contributed by atoms with Gasteiger partial charge in [-0.05, 0) is 25.0 Å². The van der Waals surface area contributed by atoms with Crippen molar-refractivity contribution >= 4 is 23.7 Å². The van der Waals surface area contributed by atoms with E-state index in [0.29, 0.717) is 17.6 Å². The van der Waals surface area contributed by atoms with Crippen molar-refractivity contribution in [2.75, 3.05) is 11.5 Å². The Hall–Kier alpha value is -2.75. The number of anilines is 2. The summed E-state index contributed by atoms with van der Waals surface area (Å²) in [5, 5.41) is 9.53. The average molecular weight is 341 g/mol. The van der Waals surface area contributed by atoms with E-state index in [0.717, 1.165) is 29.4 Å². The van der Waals surface area contributed by atoms with E-state index in [4.69, 9.17) is 11.5 Å².